The number of aromatic amines is 1. The summed E-state index contributed by atoms with van der Waals surface area (Å²) in [6.45, 7) is 2.72. The molecular weight excluding hydrogens is 425 g/mol. The molecule has 0 aliphatic carbocycles. The van der Waals surface area contributed by atoms with Gasteiger partial charge in [0.15, 0.2) is 0 Å². The van der Waals surface area contributed by atoms with Gasteiger partial charge in [0.05, 0.1) is 5.69 Å². The molecule has 1 aliphatic heterocycles. The first kappa shape index (κ1) is 22.2. The summed E-state index contributed by atoms with van der Waals surface area (Å²) in [5.74, 6) is -0.00231. The first-order chi connectivity index (χ1) is 14.0. The Morgan fingerprint density at radius 3 is 2.53 bits per heavy atom. The van der Waals surface area contributed by atoms with Crippen LogP contribution in [0.4, 0.5) is 0 Å². The van der Waals surface area contributed by atoms with Crippen molar-refractivity contribution < 1.29 is 9.90 Å². The van der Waals surface area contributed by atoms with E-state index in [-0.39, 0.29) is 24.2 Å². The van der Waals surface area contributed by atoms with Crippen LogP contribution >= 0.6 is 24.0 Å². The number of aromatic nitrogens is 4. The minimum Gasteiger partial charge on any atom is -0.384 e. The Kier molecular flexibility index (Phi) is 7.07. The Bertz CT molecular complexity index is 984. The van der Waals surface area contributed by atoms with Crippen molar-refractivity contribution in [3.05, 3.63) is 53.6 Å². The molecule has 9 heteroatoms. The Balaban J connectivity index is 0.00000256. The van der Waals surface area contributed by atoms with Crippen molar-refractivity contribution in [2.24, 2.45) is 0 Å². The first-order valence-electron chi connectivity index (χ1n) is 9.62. The van der Waals surface area contributed by atoms with E-state index in [0.29, 0.717) is 18.1 Å². The molecule has 0 spiro atoms. The highest BCUT2D eigenvalue weighted by Gasteiger charge is 2.30. The maximum atomic E-state index is 12.1. The van der Waals surface area contributed by atoms with Crippen LogP contribution in [0.5, 0.6) is 0 Å². The molecule has 3 aromatic rings. The summed E-state index contributed by atoms with van der Waals surface area (Å²) in [5.41, 5.74) is 4.54. The number of carbonyl (C=O) groups excluding carboxylic acids is 1. The number of aliphatic hydroxyl groups is 1. The number of hydrogen-bond acceptors (Lipinski definition) is 5. The zero-order chi connectivity index (χ0) is 20.4. The van der Waals surface area contributed by atoms with Gasteiger partial charge < -0.3 is 10.0 Å². The fourth-order valence-electron chi connectivity index (χ4n) is 3.82. The average Bonchev–Trinajstić information content (AvgIpc) is 3.19. The molecule has 1 saturated heterocycles. The fraction of sp³-hybridized carbons (Fsp3) is 0.333. The Labute approximate surface area is 185 Å². The SMILES string of the molecule is C[C@H](O)C(=O)N1CCC(c2[nH]nc(-c3ccc(Cl)cc3)c2-c2ccncn2)CC1.Cl. The second-order valence-corrected chi connectivity index (χ2v) is 7.67. The van der Waals surface area contributed by atoms with Gasteiger partial charge in [-0.3, -0.25) is 9.89 Å². The molecule has 2 N–H and O–H groups in total. The van der Waals surface area contributed by atoms with Gasteiger partial charge in [-0.15, -0.1) is 12.4 Å². The second kappa shape index (κ2) is 9.55. The number of likely N-dealkylation sites (tertiary alicyclic amines) is 1. The lowest BCUT2D eigenvalue weighted by Gasteiger charge is -2.32. The van der Waals surface area contributed by atoms with Crippen molar-refractivity contribution in [1.82, 2.24) is 25.1 Å². The van der Waals surface area contributed by atoms with Crippen molar-refractivity contribution in [3.63, 3.8) is 0 Å². The lowest BCUT2D eigenvalue weighted by atomic mass is 9.88. The minimum atomic E-state index is -0.966. The molecule has 158 valence electrons. The van der Waals surface area contributed by atoms with Crippen LogP contribution in [0.3, 0.4) is 0 Å². The van der Waals surface area contributed by atoms with E-state index in [1.54, 1.807) is 11.1 Å². The second-order valence-electron chi connectivity index (χ2n) is 7.24. The summed E-state index contributed by atoms with van der Waals surface area (Å²) in [5, 5.41) is 18.1. The molecule has 1 fully saturated rings. The van der Waals surface area contributed by atoms with E-state index in [1.807, 2.05) is 30.3 Å². The number of hydrogen-bond donors (Lipinski definition) is 2. The molecule has 2 aromatic heterocycles. The van der Waals surface area contributed by atoms with Crippen LogP contribution in [-0.2, 0) is 4.79 Å². The van der Waals surface area contributed by atoms with E-state index < -0.39 is 6.10 Å². The fourth-order valence-corrected chi connectivity index (χ4v) is 3.94. The van der Waals surface area contributed by atoms with Crippen LogP contribution in [0.25, 0.3) is 22.5 Å². The standard InChI is InChI=1S/C21H22ClN5O2.ClH/c1-13(28)21(29)27-10-7-15(8-11-27)20-18(17-6-9-23-12-24-17)19(25-26-20)14-2-4-16(22)5-3-14;/h2-6,9,12-13,15,28H,7-8,10-11H2,1H3,(H,25,26);1H/t13-;/m0./s1. The van der Waals surface area contributed by atoms with Gasteiger partial charge in [0.1, 0.15) is 18.1 Å². The number of rotatable bonds is 4. The van der Waals surface area contributed by atoms with Gasteiger partial charge in [0.25, 0.3) is 5.91 Å². The van der Waals surface area contributed by atoms with Crippen molar-refractivity contribution in [2.75, 3.05) is 13.1 Å². The molecule has 0 bridgehead atoms. The third-order valence-corrected chi connectivity index (χ3v) is 5.57. The smallest absolute Gasteiger partial charge is 0.251 e. The molecule has 30 heavy (non-hydrogen) atoms. The molecule has 1 aliphatic rings. The molecule has 0 radical (unpaired) electrons. The Morgan fingerprint density at radius 1 is 1.23 bits per heavy atom. The molecular formula is C21H23Cl2N5O2. The van der Waals surface area contributed by atoms with Gasteiger partial charge in [0.2, 0.25) is 0 Å². The van der Waals surface area contributed by atoms with Gasteiger partial charge in [-0.2, -0.15) is 5.10 Å². The number of halogens is 2. The number of H-pyrrole nitrogens is 1. The third-order valence-electron chi connectivity index (χ3n) is 5.32. The predicted octanol–water partition coefficient (Wildman–Crippen LogP) is 3.70. The van der Waals surface area contributed by atoms with E-state index in [9.17, 15) is 9.90 Å². The summed E-state index contributed by atoms with van der Waals surface area (Å²) in [6.07, 6.45) is 3.86. The van der Waals surface area contributed by atoms with Crippen LogP contribution < -0.4 is 0 Å². The topological polar surface area (TPSA) is 95.0 Å². The Morgan fingerprint density at radius 2 is 1.93 bits per heavy atom. The molecule has 3 heterocycles. The molecule has 1 amide bonds. The molecule has 1 atom stereocenters. The Hall–Kier alpha value is -2.48. The van der Waals surface area contributed by atoms with Crippen LogP contribution in [-0.4, -0.2) is 55.3 Å². The van der Waals surface area contributed by atoms with Gasteiger partial charge in [0, 0.05) is 47.0 Å². The highest BCUT2D eigenvalue weighted by Crippen LogP contribution is 2.39. The van der Waals surface area contributed by atoms with Crippen LogP contribution in [0.2, 0.25) is 5.02 Å². The monoisotopic (exact) mass is 447 g/mol. The van der Waals surface area contributed by atoms with Crippen LogP contribution in [0.15, 0.2) is 42.9 Å². The maximum absolute atomic E-state index is 12.1. The number of nitrogens with zero attached hydrogens (tertiary/aromatic N) is 4. The van der Waals surface area contributed by atoms with Crippen molar-refractivity contribution in [1.29, 1.82) is 0 Å². The molecule has 1 aromatic carbocycles. The van der Waals surface area contributed by atoms with Crippen LogP contribution in [0.1, 0.15) is 31.4 Å². The normalized spacial score (nSPS) is 15.5. The van der Waals surface area contributed by atoms with E-state index in [1.165, 1.54) is 13.3 Å². The van der Waals surface area contributed by atoms with E-state index in [0.717, 1.165) is 41.1 Å². The first-order valence-corrected chi connectivity index (χ1v) is 10.00. The van der Waals surface area contributed by atoms with Gasteiger partial charge in [-0.1, -0.05) is 23.7 Å². The minimum absolute atomic E-state index is 0. The highest BCUT2D eigenvalue weighted by molar-refractivity contribution is 6.30. The van der Waals surface area contributed by atoms with Gasteiger partial charge in [-0.25, -0.2) is 9.97 Å². The maximum Gasteiger partial charge on any atom is 0.251 e. The molecule has 4 rings (SSSR count). The quantitative estimate of drug-likeness (QED) is 0.635. The van der Waals surface area contributed by atoms with E-state index in [2.05, 4.69) is 20.2 Å². The lowest BCUT2D eigenvalue weighted by Crippen LogP contribution is -2.42. The van der Waals surface area contributed by atoms with E-state index in [4.69, 9.17) is 11.6 Å². The summed E-state index contributed by atoms with van der Waals surface area (Å²) in [4.78, 5) is 22.3. The summed E-state index contributed by atoms with van der Waals surface area (Å²) in [6, 6.07) is 9.44. The van der Waals surface area contributed by atoms with Crippen molar-refractivity contribution in [2.45, 2.75) is 31.8 Å². The number of amides is 1. The van der Waals surface area contributed by atoms with Gasteiger partial charge in [-0.05, 0) is 38.0 Å². The van der Waals surface area contributed by atoms with Crippen molar-refractivity contribution >= 4 is 29.9 Å². The number of nitrogens with one attached hydrogen (secondary N) is 1. The molecule has 0 saturated carbocycles. The molecule has 0 unspecified atom stereocenters. The summed E-state index contributed by atoms with van der Waals surface area (Å²) >= 11 is 6.05. The number of aliphatic hydroxyl groups excluding tert-OH is 1. The van der Waals surface area contributed by atoms with E-state index >= 15 is 0 Å². The predicted molar refractivity (Wildman–Crippen MR) is 118 cm³/mol. The molecule has 7 nitrogen and oxygen atoms in total. The van der Waals surface area contributed by atoms with Crippen LogP contribution in [0, 0.1) is 0 Å². The third kappa shape index (κ3) is 4.48. The van der Waals surface area contributed by atoms with Gasteiger partial charge >= 0.3 is 0 Å². The average molecular weight is 448 g/mol. The highest BCUT2D eigenvalue weighted by atomic mass is 35.5. The summed E-state index contributed by atoms with van der Waals surface area (Å²) < 4.78 is 0. The summed E-state index contributed by atoms with van der Waals surface area (Å²) in [7, 11) is 0. The zero-order valence-electron chi connectivity index (χ0n) is 16.5. The number of piperidine rings is 1. The number of benzene rings is 1. The lowest BCUT2D eigenvalue weighted by molar-refractivity contribution is -0.140. The zero-order valence-corrected chi connectivity index (χ0v) is 18.0. The van der Waals surface area contributed by atoms with Crippen molar-refractivity contribution in [3.8, 4) is 22.5 Å². The number of carbonyl (C=O) groups is 1. The largest absolute Gasteiger partial charge is 0.384 e.